The van der Waals surface area contributed by atoms with Crippen molar-refractivity contribution >= 4 is 35.0 Å². The van der Waals surface area contributed by atoms with Crippen molar-refractivity contribution in [1.29, 1.82) is 0 Å². The first-order valence-corrected chi connectivity index (χ1v) is 10.4. The van der Waals surface area contributed by atoms with E-state index in [2.05, 4.69) is 35.4 Å². The molecule has 0 saturated carbocycles. The molecule has 0 spiro atoms. The van der Waals surface area contributed by atoms with Crippen LogP contribution in [-0.4, -0.2) is 26.4 Å². The molecule has 3 rings (SSSR count). The van der Waals surface area contributed by atoms with Crippen LogP contribution in [0.4, 0.5) is 5.69 Å². The Morgan fingerprint density at radius 1 is 1.18 bits per heavy atom. The third-order valence-corrected chi connectivity index (χ3v) is 5.73. The monoisotopic (exact) mass is 414 g/mol. The smallest absolute Gasteiger partial charge is 0.234 e. The standard InChI is InChI=1S/C21H23ClN4OS/c1-13(2)17-7-5-6-14(3)19(17)23-18(27)12-28-21-25-24-20(26(21)4)15-8-10-16(22)11-9-15/h5-11,13H,12H2,1-4H3,(H,23,27). The molecule has 0 aliphatic rings. The van der Waals surface area contributed by atoms with Crippen molar-refractivity contribution in [2.75, 3.05) is 11.1 Å². The van der Waals surface area contributed by atoms with E-state index in [1.807, 2.05) is 54.9 Å². The summed E-state index contributed by atoms with van der Waals surface area (Å²) in [4.78, 5) is 12.5. The first-order valence-electron chi connectivity index (χ1n) is 9.04. The molecule has 0 aliphatic heterocycles. The number of benzene rings is 2. The van der Waals surface area contributed by atoms with E-state index < -0.39 is 0 Å². The van der Waals surface area contributed by atoms with Gasteiger partial charge < -0.3 is 9.88 Å². The Labute approximate surface area is 174 Å². The average molecular weight is 415 g/mol. The Morgan fingerprint density at radius 2 is 1.89 bits per heavy atom. The molecule has 0 radical (unpaired) electrons. The molecule has 1 N–H and O–H groups in total. The fraction of sp³-hybridized carbons (Fsp3) is 0.286. The predicted molar refractivity (Wildman–Crippen MR) is 116 cm³/mol. The van der Waals surface area contributed by atoms with Crippen LogP contribution >= 0.6 is 23.4 Å². The van der Waals surface area contributed by atoms with Crippen LogP contribution in [0.1, 0.15) is 30.9 Å². The first kappa shape index (κ1) is 20.4. The van der Waals surface area contributed by atoms with Crippen LogP contribution in [0.3, 0.4) is 0 Å². The number of anilines is 1. The van der Waals surface area contributed by atoms with E-state index >= 15 is 0 Å². The number of aromatic nitrogens is 3. The van der Waals surface area contributed by atoms with Gasteiger partial charge in [0.1, 0.15) is 0 Å². The Balaban J connectivity index is 1.69. The van der Waals surface area contributed by atoms with E-state index in [4.69, 9.17) is 11.6 Å². The second kappa shape index (κ2) is 8.80. The molecule has 0 saturated heterocycles. The number of hydrogen-bond donors (Lipinski definition) is 1. The van der Waals surface area contributed by atoms with Crippen molar-refractivity contribution in [3.63, 3.8) is 0 Å². The van der Waals surface area contributed by atoms with Crippen molar-refractivity contribution in [3.8, 4) is 11.4 Å². The number of aryl methyl sites for hydroxylation is 1. The predicted octanol–water partition coefficient (Wildman–Crippen LogP) is 5.30. The molecular formula is C21H23ClN4OS. The van der Waals surface area contributed by atoms with Crippen molar-refractivity contribution in [3.05, 3.63) is 58.6 Å². The number of halogens is 1. The van der Waals surface area contributed by atoms with Gasteiger partial charge in [0.15, 0.2) is 11.0 Å². The first-order chi connectivity index (χ1) is 13.4. The highest BCUT2D eigenvalue weighted by molar-refractivity contribution is 7.99. The van der Waals surface area contributed by atoms with E-state index in [0.29, 0.717) is 16.1 Å². The maximum absolute atomic E-state index is 12.5. The van der Waals surface area contributed by atoms with Gasteiger partial charge in [0.05, 0.1) is 5.75 Å². The molecule has 7 heteroatoms. The third-order valence-electron chi connectivity index (χ3n) is 4.46. The number of carbonyl (C=O) groups is 1. The summed E-state index contributed by atoms with van der Waals surface area (Å²) < 4.78 is 1.88. The second-order valence-electron chi connectivity index (χ2n) is 6.90. The highest BCUT2D eigenvalue weighted by Gasteiger charge is 2.15. The molecule has 1 aromatic heterocycles. The number of rotatable bonds is 6. The van der Waals surface area contributed by atoms with Crippen LogP contribution < -0.4 is 5.32 Å². The van der Waals surface area contributed by atoms with Gasteiger partial charge in [-0.15, -0.1) is 10.2 Å². The quantitative estimate of drug-likeness (QED) is 0.556. The Hall–Kier alpha value is -2.31. The molecule has 3 aromatic rings. The summed E-state index contributed by atoms with van der Waals surface area (Å²) in [7, 11) is 1.89. The molecule has 28 heavy (non-hydrogen) atoms. The largest absolute Gasteiger partial charge is 0.325 e. The Morgan fingerprint density at radius 3 is 2.57 bits per heavy atom. The number of nitrogens with zero attached hydrogens (tertiary/aromatic N) is 3. The van der Waals surface area contributed by atoms with Crippen LogP contribution in [0.25, 0.3) is 11.4 Å². The lowest BCUT2D eigenvalue weighted by atomic mass is 9.98. The number of thioether (sulfide) groups is 1. The molecule has 146 valence electrons. The molecule has 0 atom stereocenters. The van der Waals surface area contributed by atoms with Gasteiger partial charge in [-0.2, -0.15) is 0 Å². The van der Waals surface area contributed by atoms with Crippen molar-refractivity contribution in [2.45, 2.75) is 31.8 Å². The molecule has 0 unspecified atom stereocenters. The highest BCUT2D eigenvalue weighted by Crippen LogP contribution is 2.28. The highest BCUT2D eigenvalue weighted by atomic mass is 35.5. The van der Waals surface area contributed by atoms with E-state index in [9.17, 15) is 4.79 Å². The zero-order valence-electron chi connectivity index (χ0n) is 16.4. The summed E-state index contributed by atoms with van der Waals surface area (Å²) in [5, 5.41) is 12.9. The molecule has 0 fully saturated rings. The summed E-state index contributed by atoms with van der Waals surface area (Å²) in [6.07, 6.45) is 0. The summed E-state index contributed by atoms with van der Waals surface area (Å²) in [5.41, 5.74) is 4.04. The van der Waals surface area contributed by atoms with Gasteiger partial charge in [-0.05, 0) is 48.2 Å². The molecule has 1 heterocycles. The maximum atomic E-state index is 12.5. The molecule has 2 aromatic carbocycles. The van der Waals surface area contributed by atoms with Gasteiger partial charge in [0.25, 0.3) is 0 Å². The number of amides is 1. The number of para-hydroxylation sites is 1. The van der Waals surface area contributed by atoms with Crippen LogP contribution in [0.2, 0.25) is 5.02 Å². The number of carbonyl (C=O) groups excluding carboxylic acids is 1. The Bertz CT molecular complexity index is 983. The minimum absolute atomic E-state index is 0.0581. The van der Waals surface area contributed by atoms with E-state index in [1.165, 1.54) is 11.8 Å². The number of nitrogens with one attached hydrogen (secondary N) is 1. The van der Waals surface area contributed by atoms with Crippen LogP contribution in [0.5, 0.6) is 0 Å². The fourth-order valence-electron chi connectivity index (χ4n) is 2.94. The lowest BCUT2D eigenvalue weighted by molar-refractivity contribution is -0.113. The van der Waals surface area contributed by atoms with Gasteiger partial charge in [-0.3, -0.25) is 4.79 Å². The van der Waals surface area contributed by atoms with Crippen LogP contribution in [0, 0.1) is 6.92 Å². The van der Waals surface area contributed by atoms with E-state index in [-0.39, 0.29) is 11.7 Å². The molecule has 0 aliphatic carbocycles. The summed E-state index contributed by atoms with van der Waals surface area (Å²) in [6.45, 7) is 6.25. The molecule has 0 bridgehead atoms. The van der Waals surface area contributed by atoms with Gasteiger partial charge in [0.2, 0.25) is 5.91 Å². The van der Waals surface area contributed by atoms with Gasteiger partial charge in [-0.1, -0.05) is 55.4 Å². The van der Waals surface area contributed by atoms with Crippen LogP contribution in [0.15, 0.2) is 47.6 Å². The minimum atomic E-state index is -0.0581. The van der Waals surface area contributed by atoms with Crippen molar-refractivity contribution in [2.24, 2.45) is 7.05 Å². The van der Waals surface area contributed by atoms with Gasteiger partial charge in [-0.25, -0.2) is 0 Å². The molecule has 1 amide bonds. The number of hydrogen-bond acceptors (Lipinski definition) is 4. The zero-order valence-corrected chi connectivity index (χ0v) is 17.9. The van der Waals surface area contributed by atoms with Gasteiger partial charge >= 0.3 is 0 Å². The molecular weight excluding hydrogens is 392 g/mol. The van der Waals surface area contributed by atoms with Gasteiger partial charge in [0, 0.05) is 23.3 Å². The normalized spacial score (nSPS) is 11.1. The van der Waals surface area contributed by atoms with E-state index in [0.717, 1.165) is 28.2 Å². The Kier molecular flexibility index (Phi) is 6.42. The molecule has 5 nitrogen and oxygen atoms in total. The third kappa shape index (κ3) is 4.56. The topological polar surface area (TPSA) is 59.8 Å². The fourth-order valence-corrected chi connectivity index (χ4v) is 3.78. The SMILES string of the molecule is Cc1cccc(C(C)C)c1NC(=O)CSc1nnc(-c2ccc(Cl)cc2)n1C. The van der Waals surface area contributed by atoms with Crippen molar-refractivity contribution < 1.29 is 4.79 Å². The lowest BCUT2D eigenvalue weighted by Gasteiger charge is -2.16. The zero-order chi connectivity index (χ0) is 20.3. The second-order valence-corrected chi connectivity index (χ2v) is 8.28. The summed E-state index contributed by atoms with van der Waals surface area (Å²) >= 11 is 7.31. The van der Waals surface area contributed by atoms with Crippen molar-refractivity contribution in [1.82, 2.24) is 14.8 Å². The lowest BCUT2D eigenvalue weighted by Crippen LogP contribution is -2.17. The van der Waals surface area contributed by atoms with Crippen LogP contribution in [-0.2, 0) is 11.8 Å². The minimum Gasteiger partial charge on any atom is -0.325 e. The summed E-state index contributed by atoms with van der Waals surface area (Å²) in [6, 6.07) is 13.5. The summed E-state index contributed by atoms with van der Waals surface area (Å²) in [5.74, 6) is 1.28. The maximum Gasteiger partial charge on any atom is 0.234 e. The van der Waals surface area contributed by atoms with E-state index in [1.54, 1.807) is 0 Å². The average Bonchev–Trinajstić information content (AvgIpc) is 3.02.